The molecule has 1 aromatic carbocycles. The second kappa shape index (κ2) is 4.57. The third kappa shape index (κ3) is 4.74. The monoisotopic (exact) mass is 230 g/mol. The normalized spacial score (nSPS) is 11.1. The van der Waals surface area contributed by atoms with Crippen LogP contribution in [0.5, 0.6) is 5.75 Å². The van der Waals surface area contributed by atoms with Gasteiger partial charge >= 0.3 is 7.82 Å². The number of rotatable bonds is 4. The topological polar surface area (TPSA) is 83.8 Å². The molecule has 0 heterocycles. The molecule has 0 aliphatic heterocycles. The summed E-state index contributed by atoms with van der Waals surface area (Å²) in [6.07, 6.45) is 0.221. The number of ketones is 1. The van der Waals surface area contributed by atoms with Gasteiger partial charge in [-0.05, 0) is 24.6 Å². The van der Waals surface area contributed by atoms with Gasteiger partial charge in [0.1, 0.15) is 11.5 Å². The first-order chi connectivity index (χ1) is 6.87. The van der Waals surface area contributed by atoms with E-state index in [1.807, 2.05) is 0 Å². The van der Waals surface area contributed by atoms with Gasteiger partial charge in [0.05, 0.1) is 0 Å². The van der Waals surface area contributed by atoms with Crippen molar-refractivity contribution in [2.24, 2.45) is 0 Å². The van der Waals surface area contributed by atoms with Gasteiger partial charge in [0.25, 0.3) is 0 Å². The van der Waals surface area contributed by atoms with E-state index in [0.29, 0.717) is 5.56 Å². The first-order valence-electron chi connectivity index (χ1n) is 4.20. The van der Waals surface area contributed by atoms with Gasteiger partial charge in [-0.2, -0.15) is 0 Å². The Morgan fingerprint density at radius 2 is 2.13 bits per heavy atom. The molecule has 0 aromatic heterocycles. The zero-order chi connectivity index (χ0) is 11.5. The molecule has 0 bridgehead atoms. The summed E-state index contributed by atoms with van der Waals surface area (Å²) < 4.78 is 14.9. The number of Topliss-reactive ketones (excluding diaryl/α,β-unsaturated/α-hetero) is 1. The summed E-state index contributed by atoms with van der Waals surface area (Å²) in [7, 11) is -4.53. The van der Waals surface area contributed by atoms with Crippen LogP contribution in [0.3, 0.4) is 0 Å². The van der Waals surface area contributed by atoms with E-state index in [9.17, 15) is 9.36 Å². The molecule has 0 unspecified atom stereocenters. The number of benzene rings is 1. The highest BCUT2D eigenvalue weighted by Gasteiger charge is 2.15. The lowest BCUT2D eigenvalue weighted by Gasteiger charge is -2.07. The molecule has 0 radical (unpaired) electrons. The van der Waals surface area contributed by atoms with Gasteiger partial charge in [0.2, 0.25) is 0 Å². The molecule has 0 saturated carbocycles. The third-order valence-electron chi connectivity index (χ3n) is 1.58. The average Bonchev–Trinajstić information content (AvgIpc) is 1.99. The van der Waals surface area contributed by atoms with Crippen molar-refractivity contribution in [1.82, 2.24) is 0 Å². The van der Waals surface area contributed by atoms with Crippen LogP contribution >= 0.6 is 7.82 Å². The Morgan fingerprint density at radius 1 is 1.47 bits per heavy atom. The summed E-state index contributed by atoms with van der Waals surface area (Å²) in [5, 5.41) is 0. The fourth-order valence-corrected chi connectivity index (χ4v) is 1.53. The van der Waals surface area contributed by atoms with E-state index in [2.05, 4.69) is 4.52 Å². The molecule has 0 fully saturated rings. The zero-order valence-corrected chi connectivity index (χ0v) is 8.98. The minimum absolute atomic E-state index is 0.0247. The van der Waals surface area contributed by atoms with Gasteiger partial charge < -0.3 is 4.52 Å². The van der Waals surface area contributed by atoms with Crippen LogP contribution in [-0.2, 0) is 15.8 Å². The Kier molecular flexibility index (Phi) is 3.63. The molecule has 0 amide bonds. The Labute approximate surface area is 86.9 Å². The van der Waals surface area contributed by atoms with Crippen LogP contribution in [0.4, 0.5) is 0 Å². The van der Waals surface area contributed by atoms with Crippen molar-refractivity contribution in [3.05, 3.63) is 29.8 Å². The lowest BCUT2D eigenvalue weighted by atomic mass is 10.1. The van der Waals surface area contributed by atoms with E-state index < -0.39 is 7.82 Å². The Hall–Kier alpha value is -1.16. The van der Waals surface area contributed by atoms with E-state index in [-0.39, 0.29) is 18.0 Å². The van der Waals surface area contributed by atoms with Crippen LogP contribution in [0.1, 0.15) is 12.5 Å². The van der Waals surface area contributed by atoms with Crippen LogP contribution in [0.15, 0.2) is 24.3 Å². The number of phosphoric acid groups is 1. The van der Waals surface area contributed by atoms with Gasteiger partial charge in [-0.1, -0.05) is 12.1 Å². The van der Waals surface area contributed by atoms with Crippen LogP contribution < -0.4 is 4.52 Å². The standard InChI is InChI=1S/C9H11O5P/c1-7(10)5-8-3-2-4-9(6-8)14-15(11,12)13/h2-4,6H,5H2,1H3,(H2,11,12,13). The number of hydrogen-bond acceptors (Lipinski definition) is 3. The highest BCUT2D eigenvalue weighted by Crippen LogP contribution is 2.37. The molecule has 82 valence electrons. The second-order valence-corrected chi connectivity index (χ2v) is 4.27. The van der Waals surface area contributed by atoms with Crippen molar-refractivity contribution in [2.45, 2.75) is 13.3 Å². The highest BCUT2D eigenvalue weighted by molar-refractivity contribution is 7.46. The van der Waals surface area contributed by atoms with Crippen LogP contribution in [0.2, 0.25) is 0 Å². The number of hydrogen-bond donors (Lipinski definition) is 2. The van der Waals surface area contributed by atoms with E-state index in [1.165, 1.54) is 19.1 Å². The van der Waals surface area contributed by atoms with Gasteiger partial charge in [-0.25, -0.2) is 4.57 Å². The Balaban J connectivity index is 2.83. The third-order valence-corrected chi connectivity index (χ3v) is 2.02. The van der Waals surface area contributed by atoms with Gasteiger partial charge in [0, 0.05) is 6.42 Å². The summed E-state index contributed by atoms with van der Waals surface area (Å²) in [6, 6.07) is 6.11. The van der Waals surface area contributed by atoms with Crippen molar-refractivity contribution in [3.8, 4) is 5.75 Å². The lowest BCUT2D eigenvalue weighted by Crippen LogP contribution is -1.97. The van der Waals surface area contributed by atoms with Crippen molar-refractivity contribution in [1.29, 1.82) is 0 Å². The smallest absolute Gasteiger partial charge is 0.404 e. The largest absolute Gasteiger partial charge is 0.524 e. The summed E-state index contributed by atoms with van der Waals surface area (Å²) in [4.78, 5) is 27.9. The first-order valence-corrected chi connectivity index (χ1v) is 5.73. The molecular weight excluding hydrogens is 219 g/mol. The van der Waals surface area contributed by atoms with Crippen molar-refractivity contribution in [3.63, 3.8) is 0 Å². The molecule has 1 aromatic rings. The van der Waals surface area contributed by atoms with Crippen LogP contribution in [-0.4, -0.2) is 15.6 Å². The molecule has 1 rings (SSSR count). The fraction of sp³-hybridized carbons (Fsp3) is 0.222. The molecule has 0 saturated heterocycles. The molecule has 0 atom stereocenters. The lowest BCUT2D eigenvalue weighted by molar-refractivity contribution is -0.116. The maximum Gasteiger partial charge on any atom is 0.524 e. The number of carbonyl (C=O) groups excluding carboxylic acids is 1. The van der Waals surface area contributed by atoms with E-state index in [4.69, 9.17) is 9.79 Å². The molecule has 2 N–H and O–H groups in total. The van der Waals surface area contributed by atoms with Crippen LogP contribution in [0, 0.1) is 0 Å². The molecule has 0 aliphatic rings. The molecule has 15 heavy (non-hydrogen) atoms. The molecule has 5 nitrogen and oxygen atoms in total. The molecule has 6 heteroatoms. The summed E-state index contributed by atoms with van der Waals surface area (Å²) >= 11 is 0. The van der Waals surface area contributed by atoms with Crippen molar-refractivity contribution < 1.29 is 23.7 Å². The van der Waals surface area contributed by atoms with Crippen molar-refractivity contribution >= 4 is 13.6 Å². The molecule has 0 aliphatic carbocycles. The predicted octanol–water partition coefficient (Wildman–Crippen LogP) is 1.29. The molecule has 0 spiro atoms. The summed E-state index contributed by atoms with van der Waals surface area (Å²) in [5.41, 5.74) is 0.661. The van der Waals surface area contributed by atoms with Gasteiger partial charge in [-0.15, -0.1) is 0 Å². The Morgan fingerprint density at radius 3 is 2.67 bits per heavy atom. The fourth-order valence-electron chi connectivity index (χ4n) is 1.14. The maximum atomic E-state index is 10.8. The SMILES string of the molecule is CC(=O)Cc1cccc(OP(=O)(O)O)c1. The Bertz CT molecular complexity index is 409. The summed E-state index contributed by atoms with van der Waals surface area (Å²) in [6.45, 7) is 1.44. The first kappa shape index (κ1) is 11.9. The number of carbonyl (C=O) groups is 1. The quantitative estimate of drug-likeness (QED) is 0.761. The van der Waals surface area contributed by atoms with Crippen molar-refractivity contribution in [2.75, 3.05) is 0 Å². The van der Waals surface area contributed by atoms with Gasteiger partial charge in [-0.3, -0.25) is 14.6 Å². The van der Waals surface area contributed by atoms with E-state index in [1.54, 1.807) is 12.1 Å². The average molecular weight is 230 g/mol. The summed E-state index contributed by atoms with van der Waals surface area (Å²) in [5.74, 6) is 0.0328. The maximum absolute atomic E-state index is 10.8. The minimum atomic E-state index is -4.53. The number of phosphoric ester groups is 1. The molecular formula is C9H11O5P. The zero-order valence-electron chi connectivity index (χ0n) is 8.08. The second-order valence-electron chi connectivity index (χ2n) is 3.11. The van der Waals surface area contributed by atoms with Gasteiger partial charge in [0.15, 0.2) is 0 Å². The van der Waals surface area contributed by atoms with Crippen LogP contribution in [0.25, 0.3) is 0 Å². The minimum Gasteiger partial charge on any atom is -0.404 e. The highest BCUT2D eigenvalue weighted by atomic mass is 31.2. The predicted molar refractivity (Wildman–Crippen MR) is 53.5 cm³/mol. The van der Waals surface area contributed by atoms with E-state index in [0.717, 1.165) is 0 Å². The van der Waals surface area contributed by atoms with E-state index >= 15 is 0 Å².